The van der Waals surface area contributed by atoms with Gasteiger partial charge in [-0.3, -0.25) is 9.36 Å². The molecule has 2 N–H and O–H groups in total. The first-order chi connectivity index (χ1) is 17.9. The van der Waals surface area contributed by atoms with Gasteiger partial charge >= 0.3 is 11.7 Å². The number of amides is 1. The molecule has 0 spiro atoms. The molecule has 0 bridgehead atoms. The van der Waals surface area contributed by atoms with E-state index in [1.807, 2.05) is 30.3 Å². The number of halogens is 1. The van der Waals surface area contributed by atoms with Crippen LogP contribution in [0.3, 0.4) is 0 Å². The van der Waals surface area contributed by atoms with Crippen LogP contribution in [0.5, 0.6) is 0 Å². The normalized spacial score (nSPS) is 11.0. The van der Waals surface area contributed by atoms with Crippen LogP contribution in [0.4, 0.5) is 4.39 Å². The number of carbonyl (C=O) groups is 2. The summed E-state index contributed by atoms with van der Waals surface area (Å²) in [6.07, 6.45) is 0. The number of imidazole rings is 1. The standard InChI is InChI=1S/C27H20FN5O4/c1-37-26(35)18-9-7-17(8-10-18)24-30-21(23(29)34)22-25(31-24)33(20-13-11-19(28)12-14-20)27(36)32(22)15-16-5-3-2-4-6-16/h2-14H,15H2,1H3,(H2,29,34). The highest BCUT2D eigenvalue weighted by Crippen LogP contribution is 2.25. The summed E-state index contributed by atoms with van der Waals surface area (Å²) < 4.78 is 21.1. The zero-order valence-electron chi connectivity index (χ0n) is 19.6. The summed E-state index contributed by atoms with van der Waals surface area (Å²) in [5.74, 6) is -1.71. The maximum Gasteiger partial charge on any atom is 0.337 e. The Hall–Kier alpha value is -5.12. The van der Waals surface area contributed by atoms with E-state index in [0.29, 0.717) is 16.8 Å². The average Bonchev–Trinajstić information content (AvgIpc) is 3.19. The van der Waals surface area contributed by atoms with E-state index in [2.05, 4.69) is 9.97 Å². The molecule has 2 aromatic heterocycles. The van der Waals surface area contributed by atoms with Crippen LogP contribution in [0.2, 0.25) is 0 Å². The van der Waals surface area contributed by atoms with Gasteiger partial charge in [0.2, 0.25) is 0 Å². The lowest BCUT2D eigenvalue weighted by Crippen LogP contribution is -2.24. The number of ether oxygens (including phenoxy) is 1. The fraction of sp³-hybridized carbons (Fsp3) is 0.0741. The Morgan fingerprint density at radius 3 is 2.24 bits per heavy atom. The fourth-order valence-corrected chi connectivity index (χ4v) is 4.06. The van der Waals surface area contributed by atoms with Gasteiger partial charge in [-0.2, -0.15) is 0 Å². The maximum absolute atomic E-state index is 13.7. The first kappa shape index (κ1) is 23.6. The van der Waals surface area contributed by atoms with Gasteiger partial charge in [-0.1, -0.05) is 42.5 Å². The van der Waals surface area contributed by atoms with Crippen LogP contribution in [0.25, 0.3) is 28.2 Å². The molecule has 0 atom stereocenters. The van der Waals surface area contributed by atoms with Crippen molar-refractivity contribution >= 4 is 23.0 Å². The van der Waals surface area contributed by atoms with Gasteiger partial charge in [-0.15, -0.1) is 0 Å². The molecule has 0 fully saturated rings. The van der Waals surface area contributed by atoms with Gasteiger partial charge in [0.15, 0.2) is 17.2 Å². The Morgan fingerprint density at radius 2 is 1.62 bits per heavy atom. The summed E-state index contributed by atoms with van der Waals surface area (Å²) >= 11 is 0. The summed E-state index contributed by atoms with van der Waals surface area (Å²) in [6.45, 7) is 0.126. The summed E-state index contributed by atoms with van der Waals surface area (Å²) in [5, 5.41) is 0. The molecule has 0 aliphatic carbocycles. The second kappa shape index (κ2) is 9.50. The van der Waals surface area contributed by atoms with E-state index in [1.54, 1.807) is 12.1 Å². The number of nitrogens with two attached hydrogens (primary N) is 1. The number of methoxy groups -OCH3 is 1. The molecule has 184 valence electrons. The van der Waals surface area contributed by atoms with Gasteiger partial charge in [0.25, 0.3) is 5.91 Å². The largest absolute Gasteiger partial charge is 0.465 e. The Bertz CT molecular complexity index is 1690. The lowest BCUT2D eigenvalue weighted by molar-refractivity contribution is 0.0600. The lowest BCUT2D eigenvalue weighted by Gasteiger charge is -2.08. The highest BCUT2D eigenvalue weighted by Gasteiger charge is 2.24. The topological polar surface area (TPSA) is 122 Å². The molecule has 0 saturated heterocycles. The third kappa shape index (κ3) is 4.36. The highest BCUT2D eigenvalue weighted by molar-refractivity contribution is 6.02. The van der Waals surface area contributed by atoms with Crippen molar-refractivity contribution in [3.05, 3.63) is 112 Å². The summed E-state index contributed by atoms with van der Waals surface area (Å²) in [6, 6.07) is 20.8. The van der Waals surface area contributed by atoms with E-state index in [0.717, 1.165) is 5.56 Å². The molecule has 0 aliphatic rings. The van der Waals surface area contributed by atoms with E-state index in [4.69, 9.17) is 10.5 Å². The Kier molecular flexibility index (Phi) is 6.06. The van der Waals surface area contributed by atoms with Crippen LogP contribution >= 0.6 is 0 Å². The van der Waals surface area contributed by atoms with Crippen molar-refractivity contribution in [3.63, 3.8) is 0 Å². The zero-order valence-corrected chi connectivity index (χ0v) is 19.6. The molecule has 2 heterocycles. The predicted molar refractivity (Wildman–Crippen MR) is 134 cm³/mol. The van der Waals surface area contributed by atoms with Crippen molar-refractivity contribution in [2.24, 2.45) is 5.73 Å². The smallest absolute Gasteiger partial charge is 0.337 e. The van der Waals surface area contributed by atoms with Gasteiger partial charge < -0.3 is 10.5 Å². The van der Waals surface area contributed by atoms with Crippen LogP contribution in [0.15, 0.2) is 83.7 Å². The van der Waals surface area contributed by atoms with Crippen molar-refractivity contribution in [1.29, 1.82) is 0 Å². The molecule has 5 aromatic rings. The second-order valence-corrected chi connectivity index (χ2v) is 8.17. The van der Waals surface area contributed by atoms with E-state index < -0.39 is 23.4 Å². The van der Waals surface area contributed by atoms with Crippen LogP contribution < -0.4 is 11.4 Å². The third-order valence-electron chi connectivity index (χ3n) is 5.84. The lowest BCUT2D eigenvalue weighted by atomic mass is 10.1. The van der Waals surface area contributed by atoms with Crippen molar-refractivity contribution < 1.29 is 18.7 Å². The zero-order chi connectivity index (χ0) is 26.1. The molecule has 0 radical (unpaired) electrons. The van der Waals surface area contributed by atoms with Crippen molar-refractivity contribution in [2.75, 3.05) is 7.11 Å². The first-order valence-corrected chi connectivity index (χ1v) is 11.2. The molecular formula is C27H20FN5O4. The Morgan fingerprint density at radius 1 is 0.946 bits per heavy atom. The predicted octanol–water partition coefficient (Wildman–Crippen LogP) is 3.32. The van der Waals surface area contributed by atoms with Crippen LogP contribution in [0, 0.1) is 5.82 Å². The number of esters is 1. The maximum atomic E-state index is 13.7. The van der Waals surface area contributed by atoms with Crippen molar-refractivity contribution in [3.8, 4) is 17.1 Å². The van der Waals surface area contributed by atoms with E-state index >= 15 is 0 Å². The minimum Gasteiger partial charge on any atom is -0.465 e. The minimum atomic E-state index is -0.849. The number of hydrogen-bond donors (Lipinski definition) is 1. The van der Waals surface area contributed by atoms with Gasteiger partial charge in [-0.05, 0) is 42.0 Å². The number of nitrogens with zero attached hydrogens (tertiary/aromatic N) is 4. The molecule has 9 nitrogen and oxygen atoms in total. The Balaban J connectivity index is 1.79. The number of benzene rings is 3. The fourth-order valence-electron chi connectivity index (χ4n) is 4.06. The number of primary amides is 1. The molecule has 0 aliphatic heterocycles. The monoisotopic (exact) mass is 497 g/mol. The summed E-state index contributed by atoms with van der Waals surface area (Å²) in [7, 11) is 1.28. The third-order valence-corrected chi connectivity index (χ3v) is 5.84. The minimum absolute atomic E-state index is 0.116. The van der Waals surface area contributed by atoms with Gasteiger partial charge in [0.05, 0.1) is 24.9 Å². The quantitative estimate of drug-likeness (QED) is 0.359. The molecule has 5 rings (SSSR count). The number of aromatic nitrogens is 4. The van der Waals surface area contributed by atoms with E-state index in [-0.39, 0.29) is 29.2 Å². The van der Waals surface area contributed by atoms with Gasteiger partial charge in [0, 0.05) is 5.56 Å². The molecule has 3 aromatic carbocycles. The van der Waals surface area contributed by atoms with Crippen molar-refractivity contribution in [2.45, 2.75) is 6.54 Å². The number of hydrogen-bond acceptors (Lipinski definition) is 6. The number of rotatable bonds is 6. The molecule has 0 saturated carbocycles. The van der Waals surface area contributed by atoms with Crippen LogP contribution in [0.1, 0.15) is 26.4 Å². The highest BCUT2D eigenvalue weighted by atomic mass is 19.1. The van der Waals surface area contributed by atoms with E-state index in [1.165, 1.54) is 52.6 Å². The molecule has 0 unspecified atom stereocenters. The number of carbonyl (C=O) groups excluding carboxylic acids is 2. The SMILES string of the molecule is COC(=O)c1ccc(-c2nc(C(N)=O)c3c(n2)n(-c2ccc(F)cc2)c(=O)n3Cc2ccccc2)cc1. The second-order valence-electron chi connectivity index (χ2n) is 8.17. The number of fused-ring (bicyclic) bond motifs is 1. The molecule has 37 heavy (non-hydrogen) atoms. The van der Waals surface area contributed by atoms with Crippen molar-refractivity contribution in [1.82, 2.24) is 19.1 Å². The summed E-state index contributed by atoms with van der Waals surface area (Å²) in [4.78, 5) is 47.1. The summed E-state index contributed by atoms with van der Waals surface area (Å²) in [5.41, 5.74) is 7.31. The Labute approximate surface area is 209 Å². The van der Waals surface area contributed by atoms with Crippen LogP contribution in [-0.4, -0.2) is 38.1 Å². The van der Waals surface area contributed by atoms with Crippen LogP contribution in [-0.2, 0) is 11.3 Å². The van der Waals surface area contributed by atoms with Gasteiger partial charge in [-0.25, -0.2) is 28.5 Å². The van der Waals surface area contributed by atoms with Gasteiger partial charge in [0.1, 0.15) is 11.3 Å². The average molecular weight is 497 g/mol. The first-order valence-electron chi connectivity index (χ1n) is 11.2. The molecule has 10 heteroatoms. The molecular weight excluding hydrogens is 477 g/mol. The molecule has 1 amide bonds. The van der Waals surface area contributed by atoms with E-state index in [9.17, 15) is 18.8 Å².